The summed E-state index contributed by atoms with van der Waals surface area (Å²) in [4.78, 5) is 41.9. The molecule has 0 saturated carbocycles. The van der Waals surface area contributed by atoms with Crippen LogP contribution in [0.4, 0.5) is 10.5 Å². The van der Waals surface area contributed by atoms with Crippen LogP contribution in [0.3, 0.4) is 0 Å². The number of nitrogens with one attached hydrogen (secondary N) is 2. The van der Waals surface area contributed by atoms with E-state index < -0.39 is 12.1 Å². The summed E-state index contributed by atoms with van der Waals surface area (Å²) in [6.07, 6.45) is 1.52. The molecule has 4 rings (SSSR count). The SMILES string of the molecule is Cc1ccc(CN2C(=O)C3NCCCC3N(CC(=O)Nc3cccc(Cl)c3)C2=O)cc1. The van der Waals surface area contributed by atoms with E-state index in [9.17, 15) is 14.4 Å². The average molecular weight is 441 g/mol. The summed E-state index contributed by atoms with van der Waals surface area (Å²) >= 11 is 5.99. The van der Waals surface area contributed by atoms with E-state index in [2.05, 4.69) is 10.6 Å². The van der Waals surface area contributed by atoms with Crippen LogP contribution in [-0.4, -0.2) is 52.8 Å². The van der Waals surface area contributed by atoms with E-state index in [0.717, 1.165) is 17.5 Å². The molecule has 31 heavy (non-hydrogen) atoms. The highest BCUT2D eigenvalue weighted by Gasteiger charge is 2.47. The van der Waals surface area contributed by atoms with Crippen LogP contribution in [0, 0.1) is 6.92 Å². The minimum Gasteiger partial charge on any atom is -0.324 e. The van der Waals surface area contributed by atoms with Crippen LogP contribution >= 0.6 is 11.6 Å². The van der Waals surface area contributed by atoms with E-state index in [-0.39, 0.29) is 30.9 Å². The van der Waals surface area contributed by atoms with Gasteiger partial charge in [-0.05, 0) is 50.1 Å². The predicted octanol–water partition coefficient (Wildman–Crippen LogP) is 3.17. The molecule has 0 aromatic heterocycles. The van der Waals surface area contributed by atoms with E-state index in [4.69, 9.17) is 11.6 Å². The molecule has 2 atom stereocenters. The molecule has 0 radical (unpaired) electrons. The van der Waals surface area contributed by atoms with Crippen molar-refractivity contribution < 1.29 is 14.4 Å². The topological polar surface area (TPSA) is 81.8 Å². The van der Waals surface area contributed by atoms with Crippen molar-refractivity contribution in [1.29, 1.82) is 0 Å². The van der Waals surface area contributed by atoms with Gasteiger partial charge in [0.2, 0.25) is 11.8 Å². The van der Waals surface area contributed by atoms with Gasteiger partial charge in [-0.25, -0.2) is 4.79 Å². The first-order valence-electron chi connectivity index (χ1n) is 10.4. The zero-order valence-electron chi connectivity index (χ0n) is 17.3. The number of piperidine rings is 1. The zero-order valence-corrected chi connectivity index (χ0v) is 18.1. The molecule has 2 heterocycles. The molecule has 2 fully saturated rings. The molecular weight excluding hydrogens is 416 g/mol. The van der Waals surface area contributed by atoms with Crippen molar-refractivity contribution >= 4 is 35.1 Å². The summed E-state index contributed by atoms with van der Waals surface area (Å²) in [6.45, 7) is 2.74. The van der Waals surface area contributed by atoms with Gasteiger partial charge in [-0.2, -0.15) is 0 Å². The molecule has 2 aliphatic rings. The Morgan fingerprint density at radius 2 is 1.97 bits per heavy atom. The van der Waals surface area contributed by atoms with Crippen LogP contribution in [0.25, 0.3) is 0 Å². The van der Waals surface area contributed by atoms with Crippen LogP contribution in [0.5, 0.6) is 0 Å². The van der Waals surface area contributed by atoms with E-state index in [1.807, 2.05) is 31.2 Å². The van der Waals surface area contributed by atoms with Crippen LogP contribution in [0.15, 0.2) is 48.5 Å². The largest absolute Gasteiger partial charge is 0.327 e. The second-order valence-electron chi connectivity index (χ2n) is 8.02. The summed E-state index contributed by atoms with van der Waals surface area (Å²) in [5, 5.41) is 6.54. The highest BCUT2D eigenvalue weighted by atomic mass is 35.5. The summed E-state index contributed by atoms with van der Waals surface area (Å²) < 4.78 is 0. The fourth-order valence-corrected chi connectivity index (χ4v) is 4.34. The van der Waals surface area contributed by atoms with Gasteiger partial charge in [-0.1, -0.05) is 47.5 Å². The highest BCUT2D eigenvalue weighted by molar-refractivity contribution is 6.30. The lowest BCUT2D eigenvalue weighted by Crippen LogP contribution is -2.70. The minimum atomic E-state index is -0.504. The van der Waals surface area contributed by atoms with Crippen molar-refractivity contribution in [1.82, 2.24) is 15.1 Å². The molecule has 2 aliphatic heterocycles. The first kappa shape index (κ1) is 21.3. The Morgan fingerprint density at radius 1 is 1.19 bits per heavy atom. The number of hydrogen-bond donors (Lipinski definition) is 2. The molecule has 2 aromatic carbocycles. The molecule has 2 N–H and O–H groups in total. The minimum absolute atomic E-state index is 0.133. The van der Waals surface area contributed by atoms with Crippen molar-refractivity contribution in [2.24, 2.45) is 0 Å². The number of rotatable bonds is 5. The fraction of sp³-hybridized carbons (Fsp3) is 0.348. The maximum Gasteiger partial charge on any atom is 0.327 e. The van der Waals surface area contributed by atoms with Gasteiger partial charge in [0.25, 0.3) is 0 Å². The van der Waals surface area contributed by atoms with Gasteiger partial charge in [-0.3, -0.25) is 14.5 Å². The predicted molar refractivity (Wildman–Crippen MR) is 119 cm³/mol. The molecule has 2 unspecified atom stereocenters. The normalized spacial score (nSPS) is 21.1. The molecule has 0 aliphatic carbocycles. The number of carbonyl (C=O) groups is 3. The number of halogens is 1. The second-order valence-corrected chi connectivity index (χ2v) is 8.46. The molecule has 2 aromatic rings. The Bertz CT molecular complexity index is 995. The summed E-state index contributed by atoms with van der Waals surface area (Å²) in [5.41, 5.74) is 2.53. The monoisotopic (exact) mass is 440 g/mol. The molecule has 7 nitrogen and oxygen atoms in total. The smallest absolute Gasteiger partial charge is 0.324 e. The average Bonchev–Trinajstić information content (AvgIpc) is 2.75. The number of hydrogen-bond acceptors (Lipinski definition) is 4. The molecule has 4 amide bonds. The summed E-state index contributed by atoms with van der Waals surface area (Å²) in [5.74, 6) is -0.564. The Kier molecular flexibility index (Phi) is 6.25. The van der Waals surface area contributed by atoms with Gasteiger partial charge in [0.1, 0.15) is 12.6 Å². The van der Waals surface area contributed by atoms with Gasteiger partial charge < -0.3 is 15.5 Å². The van der Waals surface area contributed by atoms with Gasteiger partial charge in [0, 0.05) is 10.7 Å². The van der Waals surface area contributed by atoms with Crippen molar-refractivity contribution in [2.75, 3.05) is 18.4 Å². The number of carbonyl (C=O) groups excluding carboxylic acids is 3. The zero-order chi connectivity index (χ0) is 22.0. The Hall–Kier alpha value is -2.90. The standard InChI is InChI=1S/C23H25ClN4O3/c1-15-7-9-16(10-8-15)13-28-22(30)21-19(6-3-11-25-21)27(23(28)31)14-20(29)26-18-5-2-4-17(24)12-18/h2,4-5,7-10,12,19,21,25H,3,6,11,13-14H2,1H3,(H,26,29). The Balaban J connectivity index is 1.54. The van der Waals surface area contributed by atoms with Crippen molar-refractivity contribution in [2.45, 2.75) is 38.4 Å². The quantitative estimate of drug-likeness (QED) is 0.748. The van der Waals surface area contributed by atoms with E-state index in [1.165, 1.54) is 9.80 Å². The summed E-state index contributed by atoms with van der Waals surface area (Å²) in [6, 6.07) is 13.3. The third-order valence-electron chi connectivity index (χ3n) is 5.72. The fourth-order valence-electron chi connectivity index (χ4n) is 4.15. The van der Waals surface area contributed by atoms with Gasteiger partial charge in [0.05, 0.1) is 12.6 Å². The number of urea groups is 1. The van der Waals surface area contributed by atoms with Crippen LogP contribution in [-0.2, 0) is 16.1 Å². The number of benzene rings is 2. The highest BCUT2D eigenvalue weighted by Crippen LogP contribution is 2.26. The van der Waals surface area contributed by atoms with Gasteiger partial charge in [-0.15, -0.1) is 0 Å². The number of fused-ring (bicyclic) bond motifs is 1. The molecular formula is C23H25ClN4O3. The number of amides is 4. The number of imide groups is 1. The third-order valence-corrected chi connectivity index (χ3v) is 5.95. The Labute approximate surface area is 186 Å². The lowest BCUT2D eigenvalue weighted by molar-refractivity contribution is -0.138. The maximum absolute atomic E-state index is 13.3. The van der Waals surface area contributed by atoms with Gasteiger partial charge in [0.15, 0.2) is 0 Å². The first-order chi connectivity index (χ1) is 14.9. The molecule has 0 bridgehead atoms. The van der Waals surface area contributed by atoms with Crippen LogP contribution in [0.1, 0.15) is 24.0 Å². The number of anilines is 1. The number of nitrogens with zero attached hydrogens (tertiary/aromatic N) is 2. The first-order valence-corrected chi connectivity index (χ1v) is 10.8. The molecule has 8 heteroatoms. The Morgan fingerprint density at radius 3 is 2.71 bits per heavy atom. The summed E-state index contributed by atoms with van der Waals surface area (Å²) in [7, 11) is 0. The van der Waals surface area contributed by atoms with Crippen LogP contribution < -0.4 is 10.6 Å². The van der Waals surface area contributed by atoms with E-state index >= 15 is 0 Å². The lowest BCUT2D eigenvalue weighted by Gasteiger charge is -2.46. The molecule has 162 valence electrons. The molecule has 0 spiro atoms. The van der Waals surface area contributed by atoms with E-state index in [1.54, 1.807) is 24.3 Å². The third kappa shape index (κ3) is 4.73. The van der Waals surface area contributed by atoms with Crippen molar-refractivity contribution in [3.63, 3.8) is 0 Å². The van der Waals surface area contributed by atoms with E-state index in [0.29, 0.717) is 23.7 Å². The second kappa shape index (κ2) is 9.08. The van der Waals surface area contributed by atoms with Crippen LogP contribution in [0.2, 0.25) is 5.02 Å². The number of aryl methyl sites for hydroxylation is 1. The van der Waals surface area contributed by atoms with Gasteiger partial charge >= 0.3 is 6.03 Å². The van der Waals surface area contributed by atoms with Crippen molar-refractivity contribution in [3.8, 4) is 0 Å². The lowest BCUT2D eigenvalue weighted by atomic mass is 9.93. The maximum atomic E-state index is 13.3. The molecule has 2 saturated heterocycles. The van der Waals surface area contributed by atoms with Crippen molar-refractivity contribution in [3.05, 3.63) is 64.7 Å².